The molecule has 1 aliphatic heterocycles. The molecule has 0 atom stereocenters. The van der Waals surface area contributed by atoms with Gasteiger partial charge in [0.1, 0.15) is 6.54 Å². The molecule has 0 bridgehead atoms. The Kier molecular flexibility index (Phi) is 4.67. The van der Waals surface area contributed by atoms with E-state index in [1.165, 1.54) is 0 Å². The summed E-state index contributed by atoms with van der Waals surface area (Å²) in [4.78, 5) is 26.2. The van der Waals surface area contributed by atoms with E-state index in [0.29, 0.717) is 32.5 Å². The number of fused-ring (bicyclic) bond motifs is 1. The number of nitrogens with two attached hydrogens (primary N) is 1. The van der Waals surface area contributed by atoms with Gasteiger partial charge in [-0.15, -0.1) is 0 Å². The third-order valence-electron chi connectivity index (χ3n) is 5.42. The highest BCUT2D eigenvalue weighted by atomic mass is 16.2. The highest BCUT2D eigenvalue weighted by Crippen LogP contribution is 2.28. The fourth-order valence-electron chi connectivity index (χ4n) is 3.88. The molecule has 2 heterocycles. The molecule has 3 aromatic rings. The zero-order valence-electron chi connectivity index (χ0n) is 15.2. The van der Waals surface area contributed by atoms with E-state index in [2.05, 4.69) is 28.8 Å². The summed E-state index contributed by atoms with van der Waals surface area (Å²) in [6.07, 6.45) is 1.30. The number of para-hydroxylation sites is 1. The number of nitrogens with zero attached hydrogens (tertiary/aromatic N) is 2. The van der Waals surface area contributed by atoms with Gasteiger partial charge in [-0.2, -0.15) is 0 Å². The van der Waals surface area contributed by atoms with E-state index in [1.54, 1.807) is 0 Å². The van der Waals surface area contributed by atoms with Crippen LogP contribution in [-0.2, 0) is 16.1 Å². The maximum absolute atomic E-state index is 13.0. The van der Waals surface area contributed by atoms with E-state index < -0.39 is 0 Å². The third kappa shape index (κ3) is 3.45. The van der Waals surface area contributed by atoms with Crippen LogP contribution in [0.2, 0.25) is 0 Å². The van der Waals surface area contributed by atoms with Crippen molar-refractivity contribution in [1.82, 2.24) is 9.47 Å². The Morgan fingerprint density at radius 2 is 1.63 bits per heavy atom. The van der Waals surface area contributed by atoms with Gasteiger partial charge in [0.05, 0.1) is 0 Å². The standard InChI is InChI=1S/C22H23N3O2/c23-22(27)17-10-12-24(13-11-17)21(26)15-25-19-9-5-4-8-18(19)14-20(25)16-6-2-1-3-7-16/h1-9,14,17H,10-13,15H2,(H2,23,27). The summed E-state index contributed by atoms with van der Waals surface area (Å²) in [6, 6.07) is 20.4. The molecule has 5 nitrogen and oxygen atoms in total. The molecule has 1 aromatic heterocycles. The molecule has 2 N–H and O–H groups in total. The van der Waals surface area contributed by atoms with Crippen LogP contribution >= 0.6 is 0 Å². The Labute approximate surface area is 158 Å². The zero-order chi connectivity index (χ0) is 18.8. The Bertz CT molecular complexity index is 970. The number of hydrogen-bond acceptors (Lipinski definition) is 2. The van der Waals surface area contributed by atoms with Crippen molar-refractivity contribution in [1.29, 1.82) is 0 Å². The van der Waals surface area contributed by atoms with Crippen molar-refractivity contribution in [2.45, 2.75) is 19.4 Å². The van der Waals surface area contributed by atoms with Gasteiger partial charge in [-0.05, 0) is 30.5 Å². The molecule has 0 unspecified atom stereocenters. The average Bonchev–Trinajstić information content (AvgIpc) is 3.07. The van der Waals surface area contributed by atoms with Crippen LogP contribution in [0.1, 0.15) is 12.8 Å². The van der Waals surface area contributed by atoms with Gasteiger partial charge in [0.2, 0.25) is 11.8 Å². The van der Waals surface area contributed by atoms with Crippen LogP contribution in [0.25, 0.3) is 22.2 Å². The predicted molar refractivity (Wildman–Crippen MR) is 106 cm³/mol. The van der Waals surface area contributed by atoms with Crippen LogP contribution in [-0.4, -0.2) is 34.4 Å². The van der Waals surface area contributed by atoms with E-state index in [4.69, 9.17) is 5.73 Å². The minimum Gasteiger partial charge on any atom is -0.369 e. The van der Waals surface area contributed by atoms with Crippen LogP contribution in [0.3, 0.4) is 0 Å². The highest BCUT2D eigenvalue weighted by Gasteiger charge is 2.26. The van der Waals surface area contributed by atoms with E-state index >= 15 is 0 Å². The quantitative estimate of drug-likeness (QED) is 0.776. The van der Waals surface area contributed by atoms with Gasteiger partial charge in [-0.3, -0.25) is 9.59 Å². The lowest BCUT2D eigenvalue weighted by Crippen LogP contribution is -2.43. The van der Waals surface area contributed by atoms with Crippen molar-refractivity contribution >= 4 is 22.7 Å². The number of rotatable bonds is 4. The van der Waals surface area contributed by atoms with Crippen molar-refractivity contribution in [3.8, 4) is 11.3 Å². The minimum absolute atomic E-state index is 0.0801. The largest absolute Gasteiger partial charge is 0.369 e. The van der Waals surface area contributed by atoms with Crippen molar-refractivity contribution in [2.24, 2.45) is 11.7 Å². The summed E-state index contributed by atoms with van der Waals surface area (Å²) in [5.74, 6) is -0.289. The molecule has 27 heavy (non-hydrogen) atoms. The van der Waals surface area contributed by atoms with Gasteiger partial charge >= 0.3 is 0 Å². The Hall–Kier alpha value is -3.08. The molecule has 0 spiro atoms. The van der Waals surface area contributed by atoms with Crippen LogP contribution < -0.4 is 5.73 Å². The molecular formula is C22H23N3O2. The minimum atomic E-state index is -0.259. The average molecular weight is 361 g/mol. The van der Waals surface area contributed by atoms with Gasteiger partial charge in [-0.1, -0.05) is 48.5 Å². The number of hydrogen-bond donors (Lipinski definition) is 1. The number of primary amides is 1. The number of amides is 2. The number of carbonyl (C=O) groups excluding carboxylic acids is 2. The Balaban J connectivity index is 1.62. The van der Waals surface area contributed by atoms with Crippen LogP contribution in [0.5, 0.6) is 0 Å². The third-order valence-corrected chi connectivity index (χ3v) is 5.42. The number of piperidine rings is 1. The molecule has 138 valence electrons. The molecular weight excluding hydrogens is 338 g/mol. The maximum Gasteiger partial charge on any atom is 0.242 e. The highest BCUT2D eigenvalue weighted by molar-refractivity contribution is 5.89. The maximum atomic E-state index is 13.0. The Morgan fingerprint density at radius 3 is 2.33 bits per heavy atom. The van der Waals surface area contributed by atoms with Gasteiger partial charge in [0.25, 0.3) is 0 Å². The van der Waals surface area contributed by atoms with Gasteiger partial charge in [-0.25, -0.2) is 0 Å². The van der Waals surface area contributed by atoms with Crippen LogP contribution in [0, 0.1) is 5.92 Å². The van der Waals surface area contributed by atoms with Gasteiger partial charge in [0, 0.05) is 35.6 Å². The van der Waals surface area contributed by atoms with Crippen LogP contribution in [0.15, 0.2) is 60.7 Å². The summed E-state index contributed by atoms with van der Waals surface area (Å²) in [5.41, 5.74) is 8.58. The van der Waals surface area contributed by atoms with E-state index in [1.807, 2.05) is 41.3 Å². The molecule has 0 aliphatic carbocycles. The number of likely N-dealkylation sites (tertiary alicyclic amines) is 1. The van der Waals surface area contributed by atoms with E-state index in [9.17, 15) is 9.59 Å². The van der Waals surface area contributed by atoms with Crippen molar-refractivity contribution in [2.75, 3.05) is 13.1 Å². The second-order valence-corrected chi connectivity index (χ2v) is 7.10. The first-order valence-electron chi connectivity index (χ1n) is 9.34. The lowest BCUT2D eigenvalue weighted by molar-refractivity contribution is -0.135. The fourth-order valence-corrected chi connectivity index (χ4v) is 3.88. The smallest absolute Gasteiger partial charge is 0.242 e. The molecule has 1 fully saturated rings. The first kappa shape index (κ1) is 17.3. The number of benzene rings is 2. The molecule has 5 heteroatoms. The molecule has 4 rings (SSSR count). The summed E-state index contributed by atoms with van der Waals surface area (Å²) in [5, 5.41) is 1.12. The molecule has 2 amide bonds. The number of aromatic nitrogens is 1. The summed E-state index contributed by atoms with van der Waals surface area (Å²) >= 11 is 0. The molecule has 0 saturated carbocycles. The second kappa shape index (κ2) is 7.27. The van der Waals surface area contributed by atoms with Crippen LogP contribution in [0.4, 0.5) is 0 Å². The SMILES string of the molecule is NC(=O)C1CCN(C(=O)Cn2c(-c3ccccc3)cc3ccccc32)CC1. The van der Waals surface area contributed by atoms with Gasteiger partial charge < -0.3 is 15.2 Å². The zero-order valence-corrected chi connectivity index (χ0v) is 15.2. The lowest BCUT2D eigenvalue weighted by Gasteiger charge is -2.31. The normalized spacial score (nSPS) is 15.2. The van der Waals surface area contributed by atoms with Crippen molar-refractivity contribution < 1.29 is 9.59 Å². The lowest BCUT2D eigenvalue weighted by atomic mass is 9.96. The first-order valence-corrected chi connectivity index (χ1v) is 9.34. The molecule has 2 aromatic carbocycles. The van der Waals surface area contributed by atoms with E-state index in [0.717, 1.165) is 22.2 Å². The molecule has 1 saturated heterocycles. The topological polar surface area (TPSA) is 68.3 Å². The predicted octanol–water partition coefficient (Wildman–Crippen LogP) is 3.03. The number of carbonyl (C=O) groups is 2. The molecule has 1 aliphatic rings. The molecule has 0 radical (unpaired) electrons. The first-order chi connectivity index (χ1) is 13.1. The Morgan fingerprint density at radius 1 is 0.963 bits per heavy atom. The van der Waals surface area contributed by atoms with Gasteiger partial charge in [0.15, 0.2) is 0 Å². The van der Waals surface area contributed by atoms with Crippen molar-refractivity contribution in [3.05, 3.63) is 60.7 Å². The fraction of sp³-hybridized carbons (Fsp3) is 0.273. The van der Waals surface area contributed by atoms with E-state index in [-0.39, 0.29) is 17.7 Å². The monoisotopic (exact) mass is 361 g/mol. The van der Waals surface area contributed by atoms with Crippen molar-refractivity contribution in [3.63, 3.8) is 0 Å². The second-order valence-electron chi connectivity index (χ2n) is 7.10. The summed E-state index contributed by atoms with van der Waals surface area (Å²) < 4.78 is 2.09. The summed E-state index contributed by atoms with van der Waals surface area (Å²) in [7, 11) is 0. The summed E-state index contributed by atoms with van der Waals surface area (Å²) in [6.45, 7) is 1.47.